The Bertz CT molecular complexity index is 6180. The molecule has 0 unspecified atom stereocenters. The summed E-state index contributed by atoms with van der Waals surface area (Å²) in [6.07, 6.45) is 12.9. The Labute approximate surface area is 643 Å². The molecule has 22 rings (SSSR count). The van der Waals surface area contributed by atoms with E-state index in [0.717, 1.165) is 66.4 Å². The van der Waals surface area contributed by atoms with Crippen LogP contribution in [0.5, 0.6) is 0 Å². The molecule has 2 saturated carbocycles. The fourth-order valence-corrected chi connectivity index (χ4v) is 19.5. The number of thiophene rings is 1. The molecule has 110 heavy (non-hydrogen) atoms. The van der Waals surface area contributed by atoms with Gasteiger partial charge in [0.05, 0.1) is 0 Å². The predicted octanol–water partition coefficient (Wildman–Crippen LogP) is 27.1. The average Bonchev–Trinajstić information content (AvgIpc) is 1.56. The second-order valence-electron chi connectivity index (χ2n) is 30.2. The maximum absolute atomic E-state index is 6.41. The maximum Gasteiger partial charge on any atom is 0.164 e. The van der Waals surface area contributed by atoms with Crippen molar-refractivity contribution in [2.45, 2.75) is 75.0 Å². The summed E-state index contributed by atoms with van der Waals surface area (Å²) >= 11 is 1.84. The molecule has 14 aromatic carbocycles. The van der Waals surface area contributed by atoms with E-state index in [0.29, 0.717) is 34.9 Å². The fraction of sp³-hybridized carbons (Fsp3) is 0.118. The molecule has 0 N–H and O–H groups in total. The van der Waals surface area contributed by atoms with Crippen molar-refractivity contribution in [2.75, 3.05) is 0 Å². The lowest BCUT2D eigenvalue weighted by Crippen LogP contribution is -2.27. The van der Waals surface area contributed by atoms with Crippen LogP contribution in [-0.4, -0.2) is 29.9 Å². The van der Waals surface area contributed by atoms with Gasteiger partial charge in [-0.2, -0.15) is 0 Å². The van der Waals surface area contributed by atoms with Crippen LogP contribution in [-0.2, 0) is 10.8 Å². The summed E-state index contributed by atoms with van der Waals surface area (Å²) in [6.45, 7) is 0. The van der Waals surface area contributed by atoms with Crippen LogP contribution >= 0.6 is 11.3 Å². The summed E-state index contributed by atoms with van der Waals surface area (Å²) in [6, 6.07) is 117. The first kappa shape index (κ1) is 65.4. The Morgan fingerprint density at radius 2 is 0.482 bits per heavy atom. The van der Waals surface area contributed by atoms with Crippen molar-refractivity contribution in [1.82, 2.24) is 29.9 Å². The number of hydrogen-bond donors (Lipinski definition) is 0. The van der Waals surface area contributed by atoms with Gasteiger partial charge in [-0.15, -0.1) is 11.3 Å². The van der Waals surface area contributed by atoms with E-state index in [4.69, 9.17) is 34.3 Å². The van der Waals surface area contributed by atoms with Crippen molar-refractivity contribution >= 4 is 53.4 Å². The Hall–Kier alpha value is -12.9. The summed E-state index contributed by atoms with van der Waals surface area (Å²) < 4.78 is 8.95. The summed E-state index contributed by atoms with van der Waals surface area (Å²) in [5.74, 6) is 3.89. The molecule has 4 aliphatic rings. The van der Waals surface area contributed by atoms with E-state index in [9.17, 15) is 0 Å². The number of hydrogen-bond acceptors (Lipinski definition) is 8. The van der Waals surface area contributed by atoms with Crippen LogP contribution in [0.1, 0.15) is 86.5 Å². The Balaban J connectivity index is 0.000000140. The minimum atomic E-state index is 0.157. The van der Waals surface area contributed by atoms with E-state index in [-0.39, 0.29) is 10.8 Å². The largest absolute Gasteiger partial charge is 0.456 e. The number of benzene rings is 14. The lowest BCUT2D eigenvalue weighted by Gasteiger charge is -2.36. The molecule has 4 aliphatic carbocycles. The van der Waals surface area contributed by atoms with Crippen LogP contribution in [0.15, 0.2) is 332 Å². The highest BCUT2D eigenvalue weighted by molar-refractivity contribution is 7.25. The van der Waals surface area contributed by atoms with Gasteiger partial charge < -0.3 is 4.42 Å². The second-order valence-corrected chi connectivity index (χ2v) is 31.3. The SMILES string of the molecule is c1ccc(-c2ccc(-c3nc(-c4ccccc4)nc(-c4ccc5oc6ccc(-c7ccc8c(c7)-c7ccccc7C87CCCCC7)cc6c5c4)n3)cc2)cc1.c1ccc(-c2ccc(-c3nc(-c4ccccc4)nc(-c4ccc5sc6ccc(-c7ccc8c(c7)-c7ccccc7C87CCCCC7)cc6c5c4)n3)cc2)cc1. The molecule has 0 radical (unpaired) electrons. The van der Waals surface area contributed by atoms with Crippen LogP contribution in [0.25, 0.3) is 177 Å². The fourth-order valence-electron chi connectivity index (χ4n) is 18.5. The zero-order valence-electron chi connectivity index (χ0n) is 60.7. The summed E-state index contributed by atoms with van der Waals surface area (Å²) in [4.78, 5) is 30.3. The van der Waals surface area contributed by atoms with Crippen molar-refractivity contribution in [2.24, 2.45) is 0 Å². The Kier molecular flexibility index (Phi) is 16.1. The van der Waals surface area contributed by atoms with Crippen LogP contribution in [0.3, 0.4) is 0 Å². The van der Waals surface area contributed by atoms with Crippen molar-refractivity contribution in [1.29, 1.82) is 0 Å². The topological polar surface area (TPSA) is 90.5 Å². The van der Waals surface area contributed by atoms with Gasteiger partial charge in [0.2, 0.25) is 0 Å². The van der Waals surface area contributed by atoms with E-state index in [2.05, 4.69) is 261 Å². The van der Waals surface area contributed by atoms with Crippen molar-refractivity contribution in [3.05, 3.63) is 350 Å². The third kappa shape index (κ3) is 11.5. The van der Waals surface area contributed by atoms with Crippen molar-refractivity contribution in [3.63, 3.8) is 0 Å². The van der Waals surface area contributed by atoms with Gasteiger partial charge >= 0.3 is 0 Å². The van der Waals surface area contributed by atoms with E-state index in [1.165, 1.54) is 162 Å². The molecule has 2 fully saturated rings. The third-order valence-electron chi connectivity index (χ3n) is 23.9. The maximum atomic E-state index is 6.41. The van der Waals surface area contributed by atoms with E-state index < -0.39 is 0 Å². The first-order valence-electron chi connectivity index (χ1n) is 38.8. The Morgan fingerprint density at radius 1 is 0.209 bits per heavy atom. The molecule has 0 saturated heterocycles. The highest BCUT2D eigenvalue weighted by atomic mass is 32.1. The van der Waals surface area contributed by atoms with Crippen LogP contribution in [0.2, 0.25) is 0 Å². The minimum Gasteiger partial charge on any atom is -0.456 e. The molecule has 0 amide bonds. The number of nitrogens with zero attached hydrogens (tertiary/aromatic N) is 6. The summed E-state index contributed by atoms with van der Waals surface area (Å²) in [5.41, 5.74) is 29.0. The first-order valence-corrected chi connectivity index (χ1v) is 39.6. The van der Waals surface area contributed by atoms with E-state index in [1.807, 2.05) is 78.1 Å². The van der Waals surface area contributed by atoms with Crippen molar-refractivity contribution < 1.29 is 4.42 Å². The van der Waals surface area contributed by atoms with Gasteiger partial charge in [-0.05, 0) is 187 Å². The number of fused-ring (bicyclic) bond motifs is 16. The van der Waals surface area contributed by atoms with Crippen LogP contribution in [0.4, 0.5) is 0 Å². The molecule has 7 nitrogen and oxygen atoms in total. The van der Waals surface area contributed by atoms with Gasteiger partial charge in [0.15, 0.2) is 34.9 Å². The standard InChI is InChI=1S/C51H37N3O.C51H37N3S/c2*1-4-12-33(13-5-1)34-18-20-36(21-19-34)49-52-48(35-14-6-2-7-15-35)53-50(54-49)39-24-27-47-43(32-39)42-31-38(23-26-46(42)55-47)37-22-25-45-41(30-37)40-16-8-9-17-44(40)51(45)28-10-3-11-29-51/h2*1-2,4-9,12-27,30-32H,3,10-11,28-29H2. The van der Waals surface area contributed by atoms with Gasteiger partial charge in [-0.3, -0.25) is 0 Å². The monoisotopic (exact) mass is 1430 g/mol. The summed E-state index contributed by atoms with van der Waals surface area (Å²) in [5, 5.41) is 4.60. The molecule has 524 valence electrons. The van der Waals surface area contributed by atoms with Gasteiger partial charge in [0, 0.05) is 75.2 Å². The number of furan rings is 1. The lowest BCUT2D eigenvalue weighted by molar-refractivity contribution is 0.353. The summed E-state index contributed by atoms with van der Waals surface area (Å²) in [7, 11) is 0. The van der Waals surface area contributed by atoms with E-state index >= 15 is 0 Å². The molecule has 0 atom stereocenters. The second kappa shape index (κ2) is 27.1. The van der Waals surface area contributed by atoms with Gasteiger partial charge in [0.25, 0.3) is 0 Å². The van der Waals surface area contributed by atoms with Crippen molar-refractivity contribution in [3.8, 4) is 135 Å². The molecule has 2 spiro atoms. The van der Waals surface area contributed by atoms with Gasteiger partial charge in [-0.1, -0.05) is 293 Å². The molecule has 4 aromatic heterocycles. The quantitative estimate of drug-likeness (QED) is 0.135. The molecular weight excluding hydrogens is 1360 g/mol. The molecule has 0 aliphatic heterocycles. The zero-order chi connectivity index (χ0) is 72.7. The molecule has 0 bridgehead atoms. The normalized spacial score (nSPS) is 14.3. The number of rotatable bonds is 10. The lowest BCUT2D eigenvalue weighted by atomic mass is 9.68. The predicted molar refractivity (Wildman–Crippen MR) is 453 cm³/mol. The highest BCUT2D eigenvalue weighted by Gasteiger charge is 2.45. The molecule has 8 heteroatoms. The zero-order valence-corrected chi connectivity index (χ0v) is 61.6. The van der Waals surface area contributed by atoms with Gasteiger partial charge in [0.1, 0.15) is 11.2 Å². The average molecular weight is 1430 g/mol. The van der Waals surface area contributed by atoms with Gasteiger partial charge in [-0.25, -0.2) is 29.9 Å². The van der Waals surface area contributed by atoms with E-state index in [1.54, 1.807) is 0 Å². The van der Waals surface area contributed by atoms with Crippen LogP contribution < -0.4 is 0 Å². The highest BCUT2D eigenvalue weighted by Crippen LogP contribution is 2.58. The number of aromatic nitrogens is 6. The van der Waals surface area contributed by atoms with Crippen LogP contribution in [0, 0.1) is 0 Å². The Morgan fingerprint density at radius 3 is 0.909 bits per heavy atom. The molecule has 4 heterocycles. The molecule has 18 aromatic rings. The smallest absolute Gasteiger partial charge is 0.164 e. The third-order valence-corrected chi connectivity index (χ3v) is 25.1. The minimum absolute atomic E-state index is 0.157. The molecular formula is C102H74N6OS. The first-order chi connectivity index (χ1) is 54.4.